The van der Waals surface area contributed by atoms with E-state index < -0.39 is 0 Å². The van der Waals surface area contributed by atoms with E-state index in [1.54, 1.807) is 0 Å². The van der Waals surface area contributed by atoms with Crippen LogP contribution in [0.4, 0.5) is 0 Å². The number of nitrogens with one attached hydrogen (secondary N) is 1. The lowest BCUT2D eigenvalue weighted by atomic mass is 10.1. The zero-order valence-corrected chi connectivity index (χ0v) is 11.7. The molecule has 1 aromatic rings. The van der Waals surface area contributed by atoms with Crippen molar-refractivity contribution in [2.45, 2.75) is 31.7 Å². The van der Waals surface area contributed by atoms with Crippen LogP contribution in [0, 0.1) is 5.92 Å². The Kier molecular flexibility index (Phi) is 6.25. The van der Waals surface area contributed by atoms with Crippen LogP contribution >= 0.6 is 23.4 Å². The Hall–Kier alpha value is -0.180. The number of benzene rings is 1. The Labute approximate surface area is 108 Å². The van der Waals surface area contributed by atoms with Crippen molar-refractivity contribution >= 4 is 23.4 Å². The summed E-state index contributed by atoms with van der Waals surface area (Å²) in [6, 6.07) is 8.60. The van der Waals surface area contributed by atoms with Gasteiger partial charge in [0.05, 0.1) is 0 Å². The van der Waals surface area contributed by atoms with Gasteiger partial charge in [-0.3, -0.25) is 0 Å². The summed E-state index contributed by atoms with van der Waals surface area (Å²) in [5.74, 6) is 1.79. The Balaban J connectivity index is 2.18. The molecule has 1 N–H and O–H groups in total. The summed E-state index contributed by atoms with van der Waals surface area (Å²) in [5, 5.41) is 4.32. The summed E-state index contributed by atoms with van der Waals surface area (Å²) in [7, 11) is 0. The maximum Gasteiger partial charge on any atom is 0.0406 e. The minimum Gasteiger partial charge on any atom is -0.313 e. The monoisotopic (exact) mass is 257 g/mol. The molecule has 0 saturated heterocycles. The van der Waals surface area contributed by atoms with Crippen LogP contribution < -0.4 is 5.32 Å². The summed E-state index contributed by atoms with van der Waals surface area (Å²) in [4.78, 5) is 1.28. The molecule has 0 bridgehead atoms. The van der Waals surface area contributed by atoms with E-state index in [4.69, 9.17) is 11.6 Å². The lowest BCUT2D eigenvalue weighted by Gasteiger charge is -2.17. The molecular formula is C13H20ClNS. The number of rotatable bonds is 6. The fraction of sp³-hybridized carbons (Fsp3) is 0.538. The van der Waals surface area contributed by atoms with E-state index in [0.717, 1.165) is 17.3 Å². The van der Waals surface area contributed by atoms with Crippen LogP contribution in [0.2, 0.25) is 5.02 Å². The molecule has 0 aliphatic rings. The quantitative estimate of drug-likeness (QED) is 0.609. The molecule has 1 nitrogen and oxygen atoms in total. The van der Waals surface area contributed by atoms with Crippen molar-refractivity contribution in [1.82, 2.24) is 5.32 Å². The van der Waals surface area contributed by atoms with E-state index in [0.29, 0.717) is 12.0 Å². The first kappa shape index (κ1) is 13.9. The van der Waals surface area contributed by atoms with E-state index in [1.165, 1.54) is 4.90 Å². The molecule has 1 atom stereocenters. The van der Waals surface area contributed by atoms with Crippen molar-refractivity contribution in [2.24, 2.45) is 5.92 Å². The Morgan fingerprint density at radius 2 is 1.81 bits per heavy atom. The average Bonchev–Trinajstić information content (AvgIpc) is 2.26. The first-order chi connectivity index (χ1) is 7.59. The molecule has 16 heavy (non-hydrogen) atoms. The van der Waals surface area contributed by atoms with Crippen LogP contribution in [-0.4, -0.2) is 18.3 Å². The molecule has 1 unspecified atom stereocenters. The van der Waals surface area contributed by atoms with Gasteiger partial charge in [-0.1, -0.05) is 25.4 Å². The lowest BCUT2D eigenvalue weighted by molar-refractivity contribution is 0.438. The second kappa shape index (κ2) is 7.21. The second-order valence-electron chi connectivity index (χ2n) is 4.29. The highest BCUT2D eigenvalue weighted by Crippen LogP contribution is 2.19. The number of halogens is 1. The molecule has 0 fully saturated rings. The Morgan fingerprint density at radius 1 is 1.19 bits per heavy atom. The van der Waals surface area contributed by atoms with E-state index in [-0.39, 0.29) is 0 Å². The van der Waals surface area contributed by atoms with Crippen LogP contribution in [-0.2, 0) is 0 Å². The van der Waals surface area contributed by atoms with Gasteiger partial charge >= 0.3 is 0 Å². The molecule has 0 saturated carbocycles. The standard InChI is InChI=1S/C13H20ClNS/c1-10(2)11(3)15-8-9-16-13-6-4-12(14)5-7-13/h4-7,10-11,15H,8-9H2,1-3H3. The first-order valence-electron chi connectivity index (χ1n) is 5.71. The van der Waals surface area contributed by atoms with Crippen molar-refractivity contribution in [3.05, 3.63) is 29.3 Å². The summed E-state index contributed by atoms with van der Waals surface area (Å²) in [5.41, 5.74) is 0. The van der Waals surface area contributed by atoms with Gasteiger partial charge in [0.1, 0.15) is 0 Å². The van der Waals surface area contributed by atoms with Crippen LogP contribution in [0.1, 0.15) is 20.8 Å². The summed E-state index contributed by atoms with van der Waals surface area (Å²) in [6.45, 7) is 7.76. The van der Waals surface area contributed by atoms with Crippen molar-refractivity contribution in [2.75, 3.05) is 12.3 Å². The second-order valence-corrected chi connectivity index (χ2v) is 5.89. The predicted octanol–water partition coefficient (Wildman–Crippen LogP) is 4.07. The molecule has 0 radical (unpaired) electrons. The molecule has 0 aliphatic carbocycles. The maximum atomic E-state index is 5.83. The highest BCUT2D eigenvalue weighted by Gasteiger charge is 2.04. The van der Waals surface area contributed by atoms with E-state index in [2.05, 4.69) is 38.2 Å². The summed E-state index contributed by atoms with van der Waals surface area (Å²) in [6.07, 6.45) is 0. The van der Waals surface area contributed by atoms with Gasteiger partial charge in [-0.15, -0.1) is 11.8 Å². The van der Waals surface area contributed by atoms with Crippen molar-refractivity contribution < 1.29 is 0 Å². The van der Waals surface area contributed by atoms with Crippen molar-refractivity contribution in [3.63, 3.8) is 0 Å². The number of thioether (sulfide) groups is 1. The van der Waals surface area contributed by atoms with Gasteiger partial charge < -0.3 is 5.32 Å². The third-order valence-electron chi connectivity index (χ3n) is 2.65. The minimum atomic E-state index is 0.589. The SMILES string of the molecule is CC(C)C(C)NCCSc1ccc(Cl)cc1. The predicted molar refractivity (Wildman–Crippen MR) is 74.5 cm³/mol. The number of hydrogen-bond donors (Lipinski definition) is 1. The van der Waals surface area contributed by atoms with Crippen molar-refractivity contribution in [1.29, 1.82) is 0 Å². The van der Waals surface area contributed by atoms with Gasteiger partial charge in [-0.2, -0.15) is 0 Å². The fourth-order valence-electron chi connectivity index (χ4n) is 1.22. The lowest BCUT2D eigenvalue weighted by Crippen LogP contribution is -2.32. The van der Waals surface area contributed by atoms with E-state index in [1.807, 2.05) is 23.9 Å². The minimum absolute atomic E-state index is 0.589. The zero-order chi connectivity index (χ0) is 12.0. The van der Waals surface area contributed by atoms with Crippen molar-refractivity contribution in [3.8, 4) is 0 Å². The van der Waals surface area contributed by atoms with Gasteiger partial charge in [-0.25, -0.2) is 0 Å². The molecule has 3 heteroatoms. The topological polar surface area (TPSA) is 12.0 Å². The van der Waals surface area contributed by atoms with Gasteiger partial charge in [0.15, 0.2) is 0 Å². The maximum absolute atomic E-state index is 5.83. The van der Waals surface area contributed by atoms with Gasteiger partial charge in [-0.05, 0) is 37.1 Å². The zero-order valence-electron chi connectivity index (χ0n) is 10.2. The first-order valence-corrected chi connectivity index (χ1v) is 7.07. The van der Waals surface area contributed by atoms with Crippen LogP contribution in [0.25, 0.3) is 0 Å². The van der Waals surface area contributed by atoms with Gasteiger partial charge in [0.2, 0.25) is 0 Å². The third-order valence-corrected chi connectivity index (χ3v) is 3.92. The Bertz CT molecular complexity index is 297. The van der Waals surface area contributed by atoms with Crippen LogP contribution in [0.3, 0.4) is 0 Å². The summed E-state index contributed by atoms with van der Waals surface area (Å²) < 4.78 is 0. The smallest absolute Gasteiger partial charge is 0.0406 e. The molecule has 0 heterocycles. The highest BCUT2D eigenvalue weighted by atomic mass is 35.5. The molecule has 0 spiro atoms. The highest BCUT2D eigenvalue weighted by molar-refractivity contribution is 7.99. The van der Waals surface area contributed by atoms with E-state index >= 15 is 0 Å². The molecular weight excluding hydrogens is 238 g/mol. The largest absolute Gasteiger partial charge is 0.313 e. The summed E-state index contributed by atoms with van der Waals surface area (Å²) >= 11 is 7.69. The molecule has 0 aliphatic heterocycles. The molecule has 0 aromatic heterocycles. The normalized spacial score (nSPS) is 13.1. The van der Waals surface area contributed by atoms with Crippen LogP contribution in [0.15, 0.2) is 29.2 Å². The van der Waals surface area contributed by atoms with Gasteiger partial charge in [0.25, 0.3) is 0 Å². The van der Waals surface area contributed by atoms with Crippen LogP contribution in [0.5, 0.6) is 0 Å². The molecule has 1 rings (SSSR count). The average molecular weight is 258 g/mol. The van der Waals surface area contributed by atoms with Gasteiger partial charge in [0, 0.05) is 28.3 Å². The Morgan fingerprint density at radius 3 is 2.38 bits per heavy atom. The molecule has 0 amide bonds. The number of hydrogen-bond acceptors (Lipinski definition) is 2. The fourth-order valence-corrected chi connectivity index (χ4v) is 2.13. The van der Waals surface area contributed by atoms with E-state index in [9.17, 15) is 0 Å². The molecule has 1 aromatic carbocycles. The third kappa shape index (κ3) is 5.24. The molecule has 90 valence electrons.